The van der Waals surface area contributed by atoms with Gasteiger partial charge in [0.1, 0.15) is 0 Å². The van der Waals surface area contributed by atoms with Crippen LogP contribution in [-0.4, -0.2) is 24.3 Å². The topological polar surface area (TPSA) is 61.4 Å². The molecule has 1 aromatic heterocycles. The highest BCUT2D eigenvalue weighted by atomic mass is 32.1. The third-order valence-corrected chi connectivity index (χ3v) is 4.48. The van der Waals surface area contributed by atoms with Crippen molar-refractivity contribution in [1.29, 1.82) is 0 Å². The molecule has 0 spiro atoms. The number of amides is 2. The van der Waals surface area contributed by atoms with E-state index in [1.807, 2.05) is 49.4 Å². The van der Waals surface area contributed by atoms with Crippen LogP contribution in [0.1, 0.15) is 27.7 Å². The third-order valence-electron chi connectivity index (χ3n) is 3.48. The van der Waals surface area contributed by atoms with E-state index < -0.39 is 0 Å². The maximum atomic E-state index is 11.9. The lowest BCUT2D eigenvalue weighted by atomic mass is 9.96. The van der Waals surface area contributed by atoms with Crippen molar-refractivity contribution in [3.05, 3.63) is 57.8 Å². The van der Waals surface area contributed by atoms with Gasteiger partial charge in [0.15, 0.2) is 0 Å². The van der Waals surface area contributed by atoms with Gasteiger partial charge in [-0.1, -0.05) is 30.3 Å². The van der Waals surface area contributed by atoms with Crippen molar-refractivity contribution in [2.75, 3.05) is 13.2 Å². The van der Waals surface area contributed by atoms with Crippen LogP contribution in [-0.2, 0) is 6.54 Å². The summed E-state index contributed by atoms with van der Waals surface area (Å²) in [5.41, 5.74) is 1.13. The fourth-order valence-corrected chi connectivity index (χ4v) is 3.12. The van der Waals surface area contributed by atoms with Crippen LogP contribution < -0.4 is 10.6 Å². The van der Waals surface area contributed by atoms with Crippen molar-refractivity contribution >= 4 is 17.4 Å². The van der Waals surface area contributed by atoms with Crippen molar-refractivity contribution in [3.63, 3.8) is 0 Å². The van der Waals surface area contributed by atoms with Crippen LogP contribution in [0.15, 0.2) is 42.5 Å². The molecule has 1 unspecified atom stereocenters. The standard InChI is InChI=1S/C17H22N2O2S/c1-13-7-8-16(22-13)12-19-17(21)18-11-15(9-10-20)14-5-3-2-4-6-14/h2-8,15,20H,9-12H2,1H3,(H2,18,19,21). The van der Waals surface area contributed by atoms with Gasteiger partial charge in [-0.25, -0.2) is 4.79 Å². The molecule has 3 N–H and O–H groups in total. The first-order valence-electron chi connectivity index (χ1n) is 7.42. The summed E-state index contributed by atoms with van der Waals surface area (Å²) < 4.78 is 0. The molecular formula is C17H22N2O2S. The average Bonchev–Trinajstić information content (AvgIpc) is 2.96. The van der Waals surface area contributed by atoms with Gasteiger partial charge in [0.05, 0.1) is 6.54 Å². The molecular weight excluding hydrogens is 296 g/mol. The molecule has 0 saturated heterocycles. The number of carbonyl (C=O) groups excluding carboxylic acids is 1. The van der Waals surface area contributed by atoms with Gasteiger partial charge in [-0.15, -0.1) is 11.3 Å². The summed E-state index contributed by atoms with van der Waals surface area (Å²) in [6.07, 6.45) is 0.633. The number of aliphatic hydroxyl groups excluding tert-OH is 1. The Bertz CT molecular complexity index is 583. The molecule has 5 heteroatoms. The summed E-state index contributed by atoms with van der Waals surface area (Å²) in [7, 11) is 0. The molecule has 2 aromatic rings. The van der Waals surface area contributed by atoms with E-state index in [2.05, 4.69) is 10.6 Å². The van der Waals surface area contributed by atoms with Gasteiger partial charge in [0.25, 0.3) is 0 Å². The number of carbonyl (C=O) groups is 1. The second-order valence-electron chi connectivity index (χ2n) is 5.20. The van der Waals surface area contributed by atoms with Gasteiger partial charge in [-0.3, -0.25) is 0 Å². The fourth-order valence-electron chi connectivity index (χ4n) is 2.29. The number of benzene rings is 1. The SMILES string of the molecule is Cc1ccc(CNC(=O)NCC(CCO)c2ccccc2)s1. The third kappa shape index (κ3) is 5.16. The van der Waals surface area contributed by atoms with Crippen molar-refractivity contribution in [1.82, 2.24) is 10.6 Å². The molecule has 2 amide bonds. The highest BCUT2D eigenvalue weighted by Crippen LogP contribution is 2.18. The van der Waals surface area contributed by atoms with E-state index in [0.717, 1.165) is 10.4 Å². The number of hydrogen-bond acceptors (Lipinski definition) is 3. The summed E-state index contributed by atoms with van der Waals surface area (Å²) in [5.74, 6) is 0.126. The first-order chi connectivity index (χ1) is 10.7. The Morgan fingerprint density at radius 3 is 2.59 bits per heavy atom. The van der Waals surface area contributed by atoms with Gasteiger partial charge in [-0.2, -0.15) is 0 Å². The first-order valence-corrected chi connectivity index (χ1v) is 8.23. The second-order valence-corrected chi connectivity index (χ2v) is 6.57. The van der Waals surface area contributed by atoms with Gasteiger partial charge >= 0.3 is 6.03 Å². The van der Waals surface area contributed by atoms with Crippen LogP contribution in [0.4, 0.5) is 4.79 Å². The molecule has 1 heterocycles. The van der Waals surface area contributed by atoms with E-state index in [0.29, 0.717) is 19.5 Å². The zero-order valence-corrected chi connectivity index (χ0v) is 13.5. The lowest BCUT2D eigenvalue weighted by Crippen LogP contribution is -2.37. The minimum atomic E-state index is -0.176. The Morgan fingerprint density at radius 1 is 1.18 bits per heavy atom. The van der Waals surface area contributed by atoms with Crippen molar-refractivity contribution in [2.24, 2.45) is 0 Å². The molecule has 0 fully saturated rings. The molecule has 0 aliphatic carbocycles. The molecule has 22 heavy (non-hydrogen) atoms. The highest BCUT2D eigenvalue weighted by Gasteiger charge is 2.12. The summed E-state index contributed by atoms with van der Waals surface area (Å²) >= 11 is 1.68. The molecule has 1 aromatic carbocycles. The maximum absolute atomic E-state index is 11.9. The predicted octanol–water partition coefficient (Wildman–Crippen LogP) is 3.02. The van der Waals surface area contributed by atoms with Gasteiger partial charge in [0, 0.05) is 28.8 Å². The van der Waals surface area contributed by atoms with Crippen LogP contribution in [0.2, 0.25) is 0 Å². The van der Waals surface area contributed by atoms with Crippen LogP contribution >= 0.6 is 11.3 Å². The number of aryl methyl sites for hydroxylation is 1. The Morgan fingerprint density at radius 2 is 1.95 bits per heavy atom. The van der Waals surface area contributed by atoms with Gasteiger partial charge in [-0.05, 0) is 31.0 Å². The lowest BCUT2D eigenvalue weighted by Gasteiger charge is -2.17. The lowest BCUT2D eigenvalue weighted by molar-refractivity contribution is 0.237. The van der Waals surface area contributed by atoms with E-state index in [-0.39, 0.29) is 18.6 Å². The molecule has 0 aliphatic heterocycles. The normalized spacial score (nSPS) is 11.9. The minimum absolute atomic E-state index is 0.108. The monoisotopic (exact) mass is 318 g/mol. The van der Waals surface area contributed by atoms with Gasteiger partial charge < -0.3 is 15.7 Å². The summed E-state index contributed by atoms with van der Waals surface area (Å²) in [6, 6.07) is 13.8. The largest absolute Gasteiger partial charge is 0.396 e. The highest BCUT2D eigenvalue weighted by molar-refractivity contribution is 7.11. The average molecular weight is 318 g/mol. The first kappa shape index (κ1) is 16.5. The summed E-state index contributed by atoms with van der Waals surface area (Å²) in [5, 5.41) is 14.9. The van der Waals surface area contributed by atoms with E-state index in [1.54, 1.807) is 11.3 Å². The molecule has 118 valence electrons. The molecule has 2 rings (SSSR count). The summed E-state index contributed by atoms with van der Waals surface area (Å²) in [6.45, 7) is 3.21. The Kier molecular flexibility index (Phi) is 6.43. The van der Waals surface area contributed by atoms with Crippen molar-refractivity contribution < 1.29 is 9.90 Å². The Balaban J connectivity index is 1.80. The van der Waals surface area contributed by atoms with Gasteiger partial charge in [0.2, 0.25) is 0 Å². The Hall–Kier alpha value is -1.85. The van der Waals surface area contributed by atoms with Crippen molar-refractivity contribution in [3.8, 4) is 0 Å². The zero-order chi connectivity index (χ0) is 15.8. The summed E-state index contributed by atoms with van der Waals surface area (Å²) in [4.78, 5) is 14.3. The second kappa shape index (κ2) is 8.56. The van der Waals surface area contributed by atoms with E-state index in [4.69, 9.17) is 0 Å². The number of rotatable bonds is 7. The quantitative estimate of drug-likeness (QED) is 0.735. The fraction of sp³-hybridized carbons (Fsp3) is 0.353. The number of aliphatic hydroxyl groups is 1. The van der Waals surface area contributed by atoms with E-state index in [9.17, 15) is 9.90 Å². The molecule has 0 saturated carbocycles. The van der Waals surface area contributed by atoms with Crippen LogP contribution in [0.5, 0.6) is 0 Å². The molecule has 4 nitrogen and oxygen atoms in total. The molecule has 1 atom stereocenters. The minimum Gasteiger partial charge on any atom is -0.396 e. The molecule has 0 bridgehead atoms. The Labute approximate surface area is 135 Å². The van der Waals surface area contributed by atoms with Crippen LogP contribution in [0.3, 0.4) is 0 Å². The van der Waals surface area contributed by atoms with E-state index in [1.165, 1.54) is 4.88 Å². The molecule has 0 radical (unpaired) electrons. The van der Waals surface area contributed by atoms with Crippen molar-refractivity contribution in [2.45, 2.75) is 25.8 Å². The van der Waals surface area contributed by atoms with E-state index >= 15 is 0 Å². The number of hydrogen-bond donors (Lipinski definition) is 3. The number of thiophene rings is 1. The number of nitrogens with one attached hydrogen (secondary N) is 2. The van der Waals surface area contributed by atoms with Crippen LogP contribution in [0.25, 0.3) is 0 Å². The maximum Gasteiger partial charge on any atom is 0.315 e. The molecule has 0 aliphatic rings. The predicted molar refractivity (Wildman–Crippen MR) is 90.2 cm³/mol. The van der Waals surface area contributed by atoms with Crippen LogP contribution in [0, 0.1) is 6.92 Å². The number of urea groups is 1. The zero-order valence-electron chi connectivity index (χ0n) is 12.7. The smallest absolute Gasteiger partial charge is 0.315 e.